The lowest BCUT2D eigenvalue weighted by Gasteiger charge is -2.13. The van der Waals surface area contributed by atoms with Crippen molar-refractivity contribution in [2.45, 2.75) is 57.2 Å². The number of thiazole rings is 1. The number of rotatable bonds is 10. The summed E-state index contributed by atoms with van der Waals surface area (Å²) in [4.78, 5) is 51.4. The molecule has 2 aliphatic rings. The summed E-state index contributed by atoms with van der Waals surface area (Å²) in [6, 6.07) is 10.2. The standard InChI is InChI=1S/C15H13FN2O4S2.C14H12FN3O4S2/c1-2-10-8-17(15(19)22-10)9-3-4-13(11(16)7-9)24-14-12(18(20)21)5-6-23-14;1-2-9-7-17(14(19)22-9)8-3-4-11(10(15)5-8)23-13-16-6-12(24-13)18(20)21/h3-7,10H,2,8H2,1H3;3-6,9H,2,7H2,1H3/t10-;9-/m00/s1. The number of amides is 2. The summed E-state index contributed by atoms with van der Waals surface area (Å²) < 4.78 is 39.8. The minimum atomic E-state index is -0.537. The van der Waals surface area contributed by atoms with E-state index in [4.69, 9.17) is 9.47 Å². The molecule has 2 fully saturated rings. The molecule has 0 unspecified atom stereocenters. The number of nitrogens with zero attached hydrogens (tertiary/aromatic N) is 5. The quantitative estimate of drug-likeness (QED) is 0.113. The van der Waals surface area contributed by atoms with E-state index in [-0.39, 0.29) is 32.7 Å². The van der Waals surface area contributed by atoms with Crippen LogP contribution in [0.15, 0.2) is 72.4 Å². The number of hydrogen-bond acceptors (Lipinski definition) is 13. The molecule has 48 heavy (non-hydrogen) atoms. The van der Waals surface area contributed by atoms with Crippen LogP contribution in [0.1, 0.15) is 26.7 Å². The number of aromatic nitrogens is 1. The third-order valence-electron chi connectivity index (χ3n) is 6.97. The molecule has 0 radical (unpaired) electrons. The van der Waals surface area contributed by atoms with E-state index in [2.05, 4.69) is 4.98 Å². The molecule has 6 rings (SSSR count). The Morgan fingerprint density at radius 2 is 1.42 bits per heavy atom. The van der Waals surface area contributed by atoms with Crippen molar-refractivity contribution in [1.82, 2.24) is 4.98 Å². The highest BCUT2D eigenvalue weighted by Gasteiger charge is 2.33. The lowest BCUT2D eigenvalue weighted by atomic mass is 10.2. The number of cyclic esters (lactones) is 2. The Kier molecular flexibility index (Phi) is 11.1. The Hall–Kier alpha value is -4.33. The van der Waals surface area contributed by atoms with Gasteiger partial charge in [-0.2, -0.15) is 0 Å². The maximum absolute atomic E-state index is 14.4. The average Bonchev–Trinajstić information content (AvgIpc) is 3.86. The van der Waals surface area contributed by atoms with Crippen LogP contribution < -0.4 is 9.80 Å². The van der Waals surface area contributed by atoms with Crippen LogP contribution in [-0.4, -0.2) is 52.3 Å². The van der Waals surface area contributed by atoms with E-state index in [0.29, 0.717) is 45.9 Å². The second-order valence-electron chi connectivity index (χ2n) is 10.1. The van der Waals surface area contributed by atoms with Crippen LogP contribution in [0.3, 0.4) is 0 Å². The molecule has 0 spiro atoms. The molecule has 4 aromatic rings. The molecule has 13 nitrogen and oxygen atoms in total. The Balaban J connectivity index is 0.000000188. The Morgan fingerprint density at radius 3 is 1.85 bits per heavy atom. The number of carbonyl (C=O) groups is 2. The van der Waals surface area contributed by atoms with Crippen LogP contribution in [0, 0.1) is 31.9 Å². The molecule has 19 heteroatoms. The van der Waals surface area contributed by atoms with Crippen LogP contribution >= 0.6 is 46.2 Å². The minimum Gasteiger partial charge on any atom is -0.444 e. The van der Waals surface area contributed by atoms with Crippen molar-refractivity contribution < 1.29 is 37.7 Å². The molecular weight excluding hydrogens is 713 g/mol. The van der Waals surface area contributed by atoms with E-state index in [9.17, 15) is 38.6 Å². The third-order valence-corrected chi connectivity index (χ3v) is 11.2. The molecule has 2 aromatic carbocycles. The van der Waals surface area contributed by atoms with Gasteiger partial charge in [0, 0.05) is 11.0 Å². The zero-order chi connectivity index (χ0) is 34.5. The highest BCUT2D eigenvalue weighted by Crippen LogP contribution is 2.41. The van der Waals surface area contributed by atoms with Crippen molar-refractivity contribution in [3.05, 3.63) is 85.9 Å². The summed E-state index contributed by atoms with van der Waals surface area (Å²) in [5.41, 5.74) is 0.795. The first-order chi connectivity index (χ1) is 23.0. The molecule has 2 aromatic heterocycles. The molecule has 0 aliphatic carbocycles. The topological polar surface area (TPSA) is 158 Å². The normalized spacial score (nSPS) is 17.2. The van der Waals surface area contributed by atoms with Crippen molar-refractivity contribution in [3.8, 4) is 0 Å². The van der Waals surface area contributed by atoms with Crippen molar-refractivity contribution in [2.75, 3.05) is 22.9 Å². The number of thiophene rings is 1. The van der Waals surface area contributed by atoms with Crippen molar-refractivity contribution in [2.24, 2.45) is 0 Å². The predicted octanol–water partition coefficient (Wildman–Crippen LogP) is 8.76. The Labute approximate surface area is 288 Å². The van der Waals surface area contributed by atoms with Crippen LogP contribution in [0.2, 0.25) is 0 Å². The van der Waals surface area contributed by atoms with E-state index in [0.717, 1.165) is 41.1 Å². The Bertz CT molecular complexity index is 1860. The number of anilines is 2. The zero-order valence-electron chi connectivity index (χ0n) is 25.1. The highest BCUT2D eigenvalue weighted by molar-refractivity contribution is 8.01. The van der Waals surface area contributed by atoms with Gasteiger partial charge in [-0.1, -0.05) is 37.4 Å². The molecule has 2 aliphatic heterocycles. The molecule has 0 bridgehead atoms. The first-order valence-electron chi connectivity index (χ1n) is 14.2. The smallest absolute Gasteiger partial charge is 0.414 e. The summed E-state index contributed by atoms with van der Waals surface area (Å²) in [6.07, 6.45) is 1.17. The fourth-order valence-corrected chi connectivity index (χ4v) is 8.14. The maximum atomic E-state index is 14.4. The van der Waals surface area contributed by atoms with Crippen molar-refractivity contribution >= 4 is 80.4 Å². The van der Waals surface area contributed by atoms with Gasteiger partial charge in [0.25, 0.3) is 5.69 Å². The van der Waals surface area contributed by atoms with Gasteiger partial charge in [0.1, 0.15) is 34.2 Å². The molecule has 0 saturated carbocycles. The van der Waals surface area contributed by atoms with E-state index in [1.807, 2.05) is 13.8 Å². The van der Waals surface area contributed by atoms with Crippen LogP contribution in [0.5, 0.6) is 0 Å². The molecule has 0 N–H and O–H groups in total. The van der Waals surface area contributed by atoms with Crippen molar-refractivity contribution in [1.29, 1.82) is 0 Å². The van der Waals surface area contributed by atoms with Crippen LogP contribution in [0.25, 0.3) is 0 Å². The van der Waals surface area contributed by atoms with E-state index in [1.54, 1.807) is 17.5 Å². The van der Waals surface area contributed by atoms with Gasteiger partial charge < -0.3 is 9.47 Å². The lowest BCUT2D eigenvalue weighted by Crippen LogP contribution is -2.24. The number of benzene rings is 2. The second-order valence-corrected chi connectivity index (χ2v) is 14.6. The monoisotopic (exact) mass is 737 g/mol. The second kappa shape index (κ2) is 15.3. The zero-order valence-corrected chi connectivity index (χ0v) is 28.3. The summed E-state index contributed by atoms with van der Waals surface area (Å²) in [5, 5.41) is 23.1. The number of hydrogen-bond donors (Lipinski definition) is 0. The van der Waals surface area contributed by atoms with E-state index in [1.165, 1.54) is 51.5 Å². The fraction of sp³-hybridized carbons (Fsp3) is 0.276. The lowest BCUT2D eigenvalue weighted by molar-refractivity contribution is -0.387. The minimum absolute atomic E-state index is 0.0395. The van der Waals surface area contributed by atoms with Gasteiger partial charge in [0.2, 0.25) is 0 Å². The van der Waals surface area contributed by atoms with Crippen LogP contribution in [0.4, 0.5) is 40.4 Å². The third kappa shape index (κ3) is 8.03. The average molecular weight is 738 g/mol. The number of halogens is 2. The first-order valence-corrected chi connectivity index (χ1v) is 17.5. The van der Waals surface area contributed by atoms with Gasteiger partial charge in [-0.05, 0) is 66.0 Å². The fourth-order valence-electron chi connectivity index (χ4n) is 4.45. The number of nitro groups is 2. The van der Waals surface area contributed by atoms with Crippen molar-refractivity contribution in [3.63, 3.8) is 0 Å². The van der Waals surface area contributed by atoms with Crippen LogP contribution in [-0.2, 0) is 9.47 Å². The van der Waals surface area contributed by atoms with Gasteiger partial charge in [-0.15, -0.1) is 11.3 Å². The van der Waals surface area contributed by atoms with Gasteiger partial charge in [-0.3, -0.25) is 30.0 Å². The molecule has 2 atom stereocenters. The summed E-state index contributed by atoms with van der Waals surface area (Å²) in [6.45, 7) is 4.60. The first kappa shape index (κ1) is 35.0. The number of ether oxygens (including phenoxy) is 2. The molecule has 252 valence electrons. The molecule has 2 saturated heterocycles. The highest BCUT2D eigenvalue weighted by atomic mass is 32.2. The summed E-state index contributed by atoms with van der Waals surface area (Å²) in [5.74, 6) is -1.06. The Morgan fingerprint density at radius 1 is 0.875 bits per heavy atom. The van der Waals surface area contributed by atoms with Gasteiger partial charge in [0.15, 0.2) is 4.34 Å². The van der Waals surface area contributed by atoms with Gasteiger partial charge in [-0.25, -0.2) is 23.4 Å². The summed E-state index contributed by atoms with van der Waals surface area (Å²) in [7, 11) is 0. The predicted molar refractivity (Wildman–Crippen MR) is 177 cm³/mol. The van der Waals surface area contributed by atoms with Gasteiger partial charge >= 0.3 is 17.2 Å². The largest absolute Gasteiger partial charge is 0.444 e. The molecular formula is C29H25F2N5O8S4. The van der Waals surface area contributed by atoms with E-state index >= 15 is 0 Å². The SMILES string of the molecule is CC[C@H]1CN(c2ccc(Sc3ncc([N+](=O)[O-])s3)c(F)c2)C(=O)O1.CC[C@H]1CN(c2ccc(Sc3sccc3[N+](=O)[O-])c(F)c2)C(=O)O1. The van der Waals surface area contributed by atoms with Gasteiger partial charge in [0.05, 0.1) is 39.2 Å². The van der Waals surface area contributed by atoms with E-state index < -0.39 is 33.7 Å². The molecule has 4 heterocycles. The number of carbonyl (C=O) groups excluding carboxylic acids is 2. The molecule has 2 amide bonds. The summed E-state index contributed by atoms with van der Waals surface area (Å²) >= 11 is 4.07. The maximum Gasteiger partial charge on any atom is 0.414 e.